The smallest absolute Gasteiger partial charge is 0.354 e. The molecule has 8 nitrogen and oxygen atoms in total. The Labute approximate surface area is 116 Å². The fraction of sp³-hybridized carbons (Fsp3) is 0.111. The molecule has 0 saturated carbocycles. The number of thiophene rings is 1. The highest BCUT2D eigenvalue weighted by Crippen LogP contribution is 2.29. The van der Waals surface area contributed by atoms with Gasteiger partial charge >= 0.3 is 5.69 Å². The molecule has 0 aromatic carbocycles. The minimum Gasteiger partial charge on any atom is -0.359 e. The van der Waals surface area contributed by atoms with Crippen molar-refractivity contribution in [2.75, 3.05) is 10.7 Å². The highest BCUT2D eigenvalue weighted by molar-refractivity contribution is 7.16. The Hall–Kier alpha value is -1.97. The van der Waals surface area contributed by atoms with E-state index in [2.05, 4.69) is 20.7 Å². The number of anilines is 2. The Kier molecular flexibility index (Phi) is 4.10. The Morgan fingerprint density at radius 2 is 2.16 bits per heavy atom. The molecule has 0 spiro atoms. The molecule has 0 atom stereocenters. The van der Waals surface area contributed by atoms with E-state index in [1.165, 1.54) is 17.7 Å². The van der Waals surface area contributed by atoms with Crippen LogP contribution >= 0.6 is 22.9 Å². The Balaban J connectivity index is 2.22. The first-order chi connectivity index (χ1) is 9.11. The number of hydrogen-bond donors (Lipinski definition) is 3. The molecule has 2 heterocycles. The van der Waals surface area contributed by atoms with E-state index in [0.29, 0.717) is 10.9 Å². The largest absolute Gasteiger partial charge is 0.359 e. The van der Waals surface area contributed by atoms with Crippen LogP contribution in [0.15, 0.2) is 18.5 Å². The summed E-state index contributed by atoms with van der Waals surface area (Å²) in [7, 11) is 0. The maximum Gasteiger partial charge on any atom is 0.354 e. The predicted molar refractivity (Wildman–Crippen MR) is 73.2 cm³/mol. The van der Waals surface area contributed by atoms with Crippen molar-refractivity contribution in [3.05, 3.63) is 37.8 Å². The number of nitrogens with zero attached hydrogens (tertiary/aromatic N) is 3. The molecule has 2 rings (SSSR count). The fourth-order valence-electron chi connectivity index (χ4n) is 1.40. The van der Waals surface area contributed by atoms with Gasteiger partial charge in [-0.3, -0.25) is 10.1 Å². The van der Waals surface area contributed by atoms with Gasteiger partial charge in [-0.05, 0) is 12.1 Å². The molecule has 0 radical (unpaired) electrons. The van der Waals surface area contributed by atoms with Crippen molar-refractivity contribution in [2.45, 2.75) is 6.54 Å². The zero-order valence-corrected chi connectivity index (χ0v) is 11.0. The van der Waals surface area contributed by atoms with Crippen LogP contribution in [0, 0.1) is 10.1 Å². The predicted octanol–water partition coefficient (Wildman–Crippen LogP) is 2.00. The molecular weight excluding hydrogens is 292 g/mol. The van der Waals surface area contributed by atoms with Crippen LogP contribution in [0.25, 0.3) is 0 Å². The van der Waals surface area contributed by atoms with Crippen molar-refractivity contribution in [3.63, 3.8) is 0 Å². The van der Waals surface area contributed by atoms with Crippen LogP contribution in [0.2, 0.25) is 4.34 Å². The van der Waals surface area contributed by atoms with E-state index in [1.807, 2.05) is 6.07 Å². The maximum absolute atomic E-state index is 11.0. The van der Waals surface area contributed by atoms with Crippen molar-refractivity contribution in [1.82, 2.24) is 9.97 Å². The third kappa shape index (κ3) is 3.08. The van der Waals surface area contributed by atoms with Crippen LogP contribution in [-0.4, -0.2) is 14.9 Å². The van der Waals surface area contributed by atoms with Crippen molar-refractivity contribution in [1.29, 1.82) is 0 Å². The Bertz CT molecular complexity index is 604. The molecule has 0 bridgehead atoms. The van der Waals surface area contributed by atoms with Gasteiger partial charge in [0.25, 0.3) is 0 Å². The second-order valence-corrected chi connectivity index (χ2v) is 5.18. The van der Waals surface area contributed by atoms with Crippen LogP contribution < -0.4 is 16.6 Å². The number of nitro groups is 1. The van der Waals surface area contributed by atoms with Crippen LogP contribution in [0.1, 0.15) is 4.88 Å². The number of aromatic nitrogens is 2. The molecule has 0 amide bonds. The molecule has 100 valence electrons. The summed E-state index contributed by atoms with van der Waals surface area (Å²) in [5.74, 6) is 5.23. The van der Waals surface area contributed by atoms with E-state index >= 15 is 0 Å². The molecule has 0 fully saturated rings. The van der Waals surface area contributed by atoms with Gasteiger partial charge in [0.1, 0.15) is 6.33 Å². The van der Waals surface area contributed by atoms with Gasteiger partial charge in [-0.2, -0.15) is 0 Å². The average molecular weight is 301 g/mol. The maximum atomic E-state index is 11.0. The zero-order valence-electron chi connectivity index (χ0n) is 9.46. The molecule has 0 saturated heterocycles. The molecule has 2 aromatic rings. The van der Waals surface area contributed by atoms with E-state index in [9.17, 15) is 10.1 Å². The van der Waals surface area contributed by atoms with Crippen molar-refractivity contribution < 1.29 is 4.92 Å². The van der Waals surface area contributed by atoms with Gasteiger partial charge in [0.2, 0.25) is 11.6 Å². The second kappa shape index (κ2) is 5.78. The summed E-state index contributed by atoms with van der Waals surface area (Å²) < 4.78 is 0.651. The summed E-state index contributed by atoms with van der Waals surface area (Å²) in [5, 5.41) is 13.9. The van der Waals surface area contributed by atoms with Crippen molar-refractivity contribution in [3.8, 4) is 0 Å². The summed E-state index contributed by atoms with van der Waals surface area (Å²) >= 11 is 7.18. The molecule has 10 heteroatoms. The van der Waals surface area contributed by atoms with Gasteiger partial charge in [0.05, 0.1) is 15.8 Å². The first-order valence-corrected chi connectivity index (χ1v) is 6.25. The highest BCUT2D eigenvalue weighted by atomic mass is 35.5. The molecule has 2 aromatic heterocycles. The lowest BCUT2D eigenvalue weighted by molar-refractivity contribution is -0.383. The first kappa shape index (κ1) is 13.5. The summed E-state index contributed by atoms with van der Waals surface area (Å²) in [5.41, 5.74) is 1.87. The SMILES string of the molecule is NNc1ncnc(NCc2ccc(Cl)s2)c1[N+](=O)[O-]. The van der Waals surface area contributed by atoms with E-state index in [4.69, 9.17) is 17.4 Å². The monoisotopic (exact) mass is 300 g/mol. The molecule has 19 heavy (non-hydrogen) atoms. The summed E-state index contributed by atoms with van der Waals surface area (Å²) in [6, 6.07) is 3.58. The number of nitrogens with one attached hydrogen (secondary N) is 2. The normalized spacial score (nSPS) is 10.2. The molecule has 0 aliphatic rings. The van der Waals surface area contributed by atoms with Crippen LogP contribution in [0.5, 0.6) is 0 Å². The van der Waals surface area contributed by atoms with E-state index in [-0.39, 0.29) is 17.3 Å². The second-order valence-electron chi connectivity index (χ2n) is 3.38. The van der Waals surface area contributed by atoms with E-state index < -0.39 is 4.92 Å². The topological polar surface area (TPSA) is 119 Å². The first-order valence-electron chi connectivity index (χ1n) is 5.06. The van der Waals surface area contributed by atoms with E-state index in [1.54, 1.807) is 6.07 Å². The van der Waals surface area contributed by atoms with Gasteiger partial charge in [0.15, 0.2) is 0 Å². The highest BCUT2D eigenvalue weighted by Gasteiger charge is 2.22. The van der Waals surface area contributed by atoms with E-state index in [0.717, 1.165) is 4.88 Å². The lowest BCUT2D eigenvalue weighted by Gasteiger charge is -2.06. The lowest BCUT2D eigenvalue weighted by atomic mass is 10.4. The Morgan fingerprint density at radius 1 is 1.42 bits per heavy atom. The minimum atomic E-state index is -0.598. The number of hydrazine groups is 1. The molecule has 0 aliphatic carbocycles. The van der Waals surface area contributed by atoms with Crippen LogP contribution in [0.4, 0.5) is 17.3 Å². The number of rotatable bonds is 5. The summed E-state index contributed by atoms with van der Waals surface area (Å²) in [6.45, 7) is 0.374. The number of hydrogen-bond acceptors (Lipinski definition) is 8. The third-order valence-corrected chi connectivity index (χ3v) is 3.43. The summed E-state index contributed by atoms with van der Waals surface area (Å²) in [4.78, 5) is 18.9. The van der Waals surface area contributed by atoms with Gasteiger partial charge in [0, 0.05) is 4.88 Å². The third-order valence-electron chi connectivity index (χ3n) is 2.20. The number of nitrogen functional groups attached to an aromatic ring is 1. The summed E-state index contributed by atoms with van der Waals surface area (Å²) in [6.07, 6.45) is 1.19. The van der Waals surface area contributed by atoms with Gasteiger partial charge in [-0.1, -0.05) is 11.6 Å². The lowest BCUT2D eigenvalue weighted by Crippen LogP contribution is -2.13. The standard InChI is InChI=1S/C9H9ClN6O2S/c10-6-2-1-5(19-6)3-12-8-7(16(17)18)9(15-11)14-4-13-8/h1-2,4H,3,11H2,(H2,12,13,14,15). The molecule has 0 unspecified atom stereocenters. The van der Waals surface area contributed by atoms with Crippen LogP contribution in [0.3, 0.4) is 0 Å². The quantitative estimate of drug-likeness (QED) is 0.439. The van der Waals surface area contributed by atoms with Gasteiger partial charge in [-0.15, -0.1) is 11.3 Å². The van der Waals surface area contributed by atoms with Gasteiger partial charge in [-0.25, -0.2) is 15.8 Å². The van der Waals surface area contributed by atoms with Gasteiger partial charge < -0.3 is 10.7 Å². The zero-order chi connectivity index (χ0) is 13.8. The fourth-order valence-corrected chi connectivity index (χ4v) is 2.43. The van der Waals surface area contributed by atoms with Crippen molar-refractivity contribution in [2.24, 2.45) is 5.84 Å². The minimum absolute atomic E-state index is 0.0493. The average Bonchev–Trinajstić information content (AvgIpc) is 2.81. The number of nitrogens with two attached hydrogens (primary N) is 1. The van der Waals surface area contributed by atoms with Crippen molar-refractivity contribution >= 4 is 40.3 Å². The Morgan fingerprint density at radius 3 is 2.74 bits per heavy atom. The molecule has 0 aliphatic heterocycles. The molecular formula is C9H9ClN6O2S. The number of halogens is 1. The molecule has 4 N–H and O–H groups in total. The van der Waals surface area contributed by atoms with Crippen LogP contribution in [-0.2, 0) is 6.54 Å².